The molecule has 180 valence electrons. The number of aromatic nitrogens is 6. The summed E-state index contributed by atoms with van der Waals surface area (Å²) in [5, 5.41) is 1.17. The van der Waals surface area contributed by atoms with E-state index in [1.54, 1.807) is 29.0 Å². The lowest BCUT2D eigenvalue weighted by Gasteiger charge is -2.37. The predicted molar refractivity (Wildman–Crippen MR) is 135 cm³/mol. The Labute approximate surface area is 206 Å². The maximum atomic E-state index is 11.9. The van der Waals surface area contributed by atoms with Gasteiger partial charge in [-0.05, 0) is 45.2 Å². The number of fused-ring (bicyclic) bond motifs is 1. The summed E-state index contributed by atoms with van der Waals surface area (Å²) in [5.74, 6) is 1.19. The minimum Gasteiger partial charge on any atom is -0.367 e. The largest absolute Gasteiger partial charge is 0.367 e. The van der Waals surface area contributed by atoms with Crippen LogP contribution in [0.25, 0.3) is 21.7 Å². The Kier molecular flexibility index (Phi) is 5.37. The molecule has 0 N–H and O–H groups in total. The molecule has 5 heterocycles. The van der Waals surface area contributed by atoms with E-state index < -0.39 is 0 Å². The Bertz CT molecular complexity index is 1490. The third kappa shape index (κ3) is 4.21. The van der Waals surface area contributed by atoms with Crippen molar-refractivity contribution in [1.82, 2.24) is 29.5 Å². The van der Waals surface area contributed by atoms with Crippen LogP contribution in [0.1, 0.15) is 53.7 Å². The number of pyridine rings is 1. The lowest BCUT2D eigenvalue weighted by atomic mass is 10.1. The van der Waals surface area contributed by atoms with E-state index in [0.717, 1.165) is 27.5 Å². The van der Waals surface area contributed by atoms with Crippen LogP contribution >= 0.6 is 11.3 Å². The molecular formula is C25H27N7O2S. The number of aryl methyl sites for hydroxylation is 3. The van der Waals surface area contributed by atoms with Crippen molar-refractivity contribution in [3.63, 3.8) is 0 Å². The first-order valence-corrected chi connectivity index (χ1v) is 12.7. The van der Waals surface area contributed by atoms with Crippen LogP contribution in [0.4, 0.5) is 5.95 Å². The molecule has 4 aromatic heterocycles. The summed E-state index contributed by atoms with van der Waals surface area (Å²) in [4.78, 5) is 39.1. The molecule has 0 radical (unpaired) electrons. The topological polar surface area (TPSA) is 98.9 Å². The normalized spacial score (nSPS) is 20.5. The molecule has 1 aliphatic carbocycles. The van der Waals surface area contributed by atoms with Gasteiger partial charge < -0.3 is 14.2 Å². The fraction of sp³-hybridized carbons (Fsp3) is 0.440. The Hall–Kier alpha value is -3.24. The van der Waals surface area contributed by atoms with Crippen LogP contribution in [-0.2, 0) is 11.8 Å². The summed E-state index contributed by atoms with van der Waals surface area (Å²) >= 11 is 1.69. The van der Waals surface area contributed by atoms with E-state index in [4.69, 9.17) is 24.7 Å². The van der Waals surface area contributed by atoms with Gasteiger partial charge in [0, 0.05) is 38.0 Å². The van der Waals surface area contributed by atoms with Gasteiger partial charge in [-0.1, -0.05) is 0 Å². The predicted octanol–water partition coefficient (Wildman–Crippen LogP) is 3.70. The maximum absolute atomic E-state index is 11.9. The van der Waals surface area contributed by atoms with E-state index in [9.17, 15) is 4.79 Å². The van der Waals surface area contributed by atoms with Gasteiger partial charge in [0.2, 0.25) is 11.5 Å². The van der Waals surface area contributed by atoms with Crippen molar-refractivity contribution < 1.29 is 4.74 Å². The van der Waals surface area contributed by atoms with Crippen molar-refractivity contribution in [2.45, 2.75) is 51.7 Å². The minimum atomic E-state index is -0.205. The van der Waals surface area contributed by atoms with Crippen LogP contribution in [0.3, 0.4) is 0 Å². The van der Waals surface area contributed by atoms with Gasteiger partial charge in [0.15, 0.2) is 5.65 Å². The number of ether oxygens (including phenoxy) is 1. The highest BCUT2D eigenvalue weighted by atomic mass is 32.1. The second-order valence-electron chi connectivity index (χ2n) is 9.53. The van der Waals surface area contributed by atoms with Gasteiger partial charge in [-0.2, -0.15) is 4.98 Å². The first kappa shape index (κ1) is 22.2. The zero-order valence-corrected chi connectivity index (χ0v) is 21.0. The molecule has 1 saturated heterocycles. The molecule has 9 nitrogen and oxygen atoms in total. The number of nitrogens with zero attached hydrogens (tertiary/aromatic N) is 7. The Morgan fingerprint density at radius 1 is 1.06 bits per heavy atom. The molecule has 35 heavy (non-hydrogen) atoms. The quantitative estimate of drug-likeness (QED) is 0.428. The van der Waals surface area contributed by atoms with Crippen LogP contribution in [0.2, 0.25) is 0 Å². The van der Waals surface area contributed by atoms with Crippen molar-refractivity contribution in [1.29, 1.82) is 0 Å². The molecule has 0 spiro atoms. The summed E-state index contributed by atoms with van der Waals surface area (Å²) < 4.78 is 7.82. The van der Waals surface area contributed by atoms with Gasteiger partial charge in [0.25, 0.3) is 0 Å². The van der Waals surface area contributed by atoms with Crippen LogP contribution < -0.4 is 10.5 Å². The highest BCUT2D eigenvalue weighted by molar-refractivity contribution is 7.15. The monoisotopic (exact) mass is 489 g/mol. The summed E-state index contributed by atoms with van der Waals surface area (Å²) in [6.07, 6.45) is 5.92. The van der Waals surface area contributed by atoms with Gasteiger partial charge in [0.05, 0.1) is 33.9 Å². The molecule has 1 saturated carbocycles. The first-order chi connectivity index (χ1) is 16.9. The Morgan fingerprint density at radius 2 is 1.86 bits per heavy atom. The fourth-order valence-electron chi connectivity index (χ4n) is 4.43. The van der Waals surface area contributed by atoms with Gasteiger partial charge in [-0.15, -0.1) is 11.3 Å². The highest BCUT2D eigenvalue weighted by Gasteiger charge is 2.31. The molecule has 6 rings (SSSR count). The van der Waals surface area contributed by atoms with Gasteiger partial charge in [-0.3, -0.25) is 4.79 Å². The SMILES string of the molecule is Cc1nc2nc(N3CC(C)OC(c4ccc(=O)n(C)c4)C3)nc(-c3cnc(C4CC4)s3)c2nc1C. The van der Waals surface area contributed by atoms with Crippen LogP contribution in [0.5, 0.6) is 0 Å². The number of thiazole rings is 1. The minimum absolute atomic E-state index is 0.0376. The van der Waals surface area contributed by atoms with E-state index in [-0.39, 0.29) is 17.8 Å². The summed E-state index contributed by atoms with van der Waals surface area (Å²) in [6.45, 7) is 7.18. The zero-order chi connectivity index (χ0) is 24.3. The van der Waals surface area contributed by atoms with Crippen molar-refractivity contribution in [3.05, 3.63) is 56.8 Å². The van der Waals surface area contributed by atoms with Crippen molar-refractivity contribution >= 4 is 28.4 Å². The number of rotatable bonds is 4. The summed E-state index contributed by atoms with van der Waals surface area (Å²) in [7, 11) is 1.75. The highest BCUT2D eigenvalue weighted by Crippen LogP contribution is 2.44. The Morgan fingerprint density at radius 3 is 2.63 bits per heavy atom. The van der Waals surface area contributed by atoms with E-state index in [2.05, 4.69) is 9.88 Å². The molecule has 2 fully saturated rings. The maximum Gasteiger partial charge on any atom is 0.250 e. The molecule has 2 aliphatic rings. The molecule has 10 heteroatoms. The lowest BCUT2D eigenvalue weighted by Crippen LogP contribution is -2.44. The third-order valence-corrected chi connectivity index (χ3v) is 7.80. The summed E-state index contributed by atoms with van der Waals surface area (Å²) in [5.41, 5.74) is 4.71. The van der Waals surface area contributed by atoms with Crippen molar-refractivity contribution in [2.24, 2.45) is 7.05 Å². The van der Waals surface area contributed by atoms with Crippen LogP contribution in [0.15, 0.2) is 29.3 Å². The molecule has 2 atom stereocenters. The molecule has 1 aliphatic heterocycles. The molecular weight excluding hydrogens is 462 g/mol. The van der Waals surface area contributed by atoms with E-state index >= 15 is 0 Å². The average Bonchev–Trinajstić information content (AvgIpc) is 3.57. The van der Waals surface area contributed by atoms with Crippen molar-refractivity contribution in [3.8, 4) is 10.6 Å². The van der Waals surface area contributed by atoms with Crippen LogP contribution in [-0.4, -0.2) is 48.7 Å². The average molecular weight is 490 g/mol. The number of hydrogen-bond donors (Lipinski definition) is 0. The fourth-order valence-corrected chi connectivity index (χ4v) is 5.51. The van der Waals surface area contributed by atoms with E-state index in [1.807, 2.05) is 39.2 Å². The van der Waals surface area contributed by atoms with Gasteiger partial charge in [-0.25, -0.2) is 19.9 Å². The summed E-state index contributed by atoms with van der Waals surface area (Å²) in [6, 6.07) is 3.42. The number of anilines is 1. The Balaban J connectivity index is 1.43. The van der Waals surface area contributed by atoms with E-state index in [0.29, 0.717) is 36.1 Å². The van der Waals surface area contributed by atoms with Gasteiger partial charge >= 0.3 is 0 Å². The first-order valence-electron chi connectivity index (χ1n) is 11.9. The second kappa shape index (κ2) is 8.46. The molecule has 2 unspecified atom stereocenters. The molecule has 0 aromatic carbocycles. The number of morpholine rings is 1. The number of hydrogen-bond acceptors (Lipinski definition) is 9. The van der Waals surface area contributed by atoms with E-state index in [1.165, 1.54) is 17.8 Å². The third-order valence-electron chi connectivity index (χ3n) is 6.64. The molecule has 0 amide bonds. The standard InChI is InChI=1S/C25H27N7O2S/c1-13-10-32(12-18(34-13)17-7-8-20(33)31(4)11-17)25-29-21(19-9-26-24(35-19)16-5-6-16)22-23(30-25)28-15(3)14(2)27-22/h7-9,11,13,16,18H,5-6,10,12H2,1-4H3. The smallest absolute Gasteiger partial charge is 0.250 e. The molecule has 4 aromatic rings. The molecule has 0 bridgehead atoms. The second-order valence-corrected chi connectivity index (χ2v) is 10.6. The van der Waals surface area contributed by atoms with Gasteiger partial charge in [0.1, 0.15) is 17.3 Å². The van der Waals surface area contributed by atoms with Crippen LogP contribution in [0, 0.1) is 13.8 Å². The lowest BCUT2D eigenvalue weighted by molar-refractivity contribution is -0.0181. The van der Waals surface area contributed by atoms with Crippen molar-refractivity contribution in [2.75, 3.05) is 18.0 Å². The zero-order valence-electron chi connectivity index (χ0n) is 20.2.